The fraction of sp³-hybridized carbons (Fsp3) is 0.250. The largest absolute Gasteiger partial charge is 0.375 e. The van der Waals surface area contributed by atoms with Gasteiger partial charge in [0.25, 0.3) is 0 Å². The summed E-state index contributed by atoms with van der Waals surface area (Å²) in [6.45, 7) is 0. The number of nitrogens with zero attached hydrogens (tertiary/aromatic N) is 1. The van der Waals surface area contributed by atoms with E-state index in [1.165, 1.54) is 29.0 Å². The molecule has 1 fully saturated rings. The Morgan fingerprint density at radius 2 is 2.00 bits per heavy atom. The Morgan fingerprint density at radius 3 is 2.67 bits per heavy atom. The number of nitrogens with two attached hydrogens (primary N) is 1. The van der Waals surface area contributed by atoms with Crippen LogP contribution >= 0.6 is 11.3 Å². The molecule has 3 rings (SSSR count). The van der Waals surface area contributed by atoms with E-state index >= 15 is 0 Å². The molecule has 2 unspecified atom stereocenters. The Bertz CT molecular complexity index is 463. The Balaban J connectivity index is 1.80. The first kappa shape index (κ1) is 8.92. The topological polar surface area (TPSA) is 38.9 Å². The van der Waals surface area contributed by atoms with Crippen molar-refractivity contribution < 1.29 is 0 Å². The highest BCUT2D eigenvalue weighted by molar-refractivity contribution is 7.13. The number of nitrogen functional groups attached to an aromatic ring is 1. The molecule has 1 heterocycles. The molecule has 0 saturated heterocycles. The molecule has 0 radical (unpaired) electrons. The van der Waals surface area contributed by atoms with Gasteiger partial charge in [0.15, 0.2) is 5.13 Å². The van der Waals surface area contributed by atoms with E-state index in [1.807, 2.05) is 0 Å². The van der Waals surface area contributed by atoms with Gasteiger partial charge in [-0.15, -0.1) is 11.3 Å². The van der Waals surface area contributed by atoms with Crippen LogP contribution < -0.4 is 5.73 Å². The second-order valence-electron chi connectivity index (χ2n) is 3.97. The molecule has 1 aromatic carbocycles. The van der Waals surface area contributed by atoms with Gasteiger partial charge in [0, 0.05) is 11.3 Å². The van der Waals surface area contributed by atoms with Gasteiger partial charge in [-0.25, -0.2) is 4.98 Å². The number of rotatable bonds is 2. The number of aromatic nitrogens is 1. The first-order valence-electron chi connectivity index (χ1n) is 5.10. The molecule has 1 aromatic heterocycles. The van der Waals surface area contributed by atoms with E-state index in [2.05, 4.69) is 40.7 Å². The monoisotopic (exact) mass is 216 g/mol. The molecule has 2 atom stereocenters. The van der Waals surface area contributed by atoms with Crippen LogP contribution in [-0.4, -0.2) is 4.98 Å². The molecule has 0 aliphatic heterocycles. The predicted molar refractivity (Wildman–Crippen MR) is 63.1 cm³/mol. The van der Waals surface area contributed by atoms with Crippen LogP contribution in [0.5, 0.6) is 0 Å². The maximum Gasteiger partial charge on any atom is 0.180 e. The van der Waals surface area contributed by atoms with Crippen molar-refractivity contribution in [3.05, 3.63) is 47.0 Å². The minimum atomic E-state index is 0.598. The minimum Gasteiger partial charge on any atom is -0.375 e. The average molecular weight is 216 g/mol. The van der Waals surface area contributed by atoms with Crippen molar-refractivity contribution in [2.45, 2.75) is 18.3 Å². The highest BCUT2D eigenvalue weighted by Gasteiger charge is 2.40. The van der Waals surface area contributed by atoms with Gasteiger partial charge in [0.05, 0.1) is 5.69 Å². The molecular weight excluding hydrogens is 204 g/mol. The fourth-order valence-corrected chi connectivity index (χ4v) is 2.69. The maximum atomic E-state index is 5.64. The zero-order valence-electron chi connectivity index (χ0n) is 8.26. The van der Waals surface area contributed by atoms with Crippen molar-refractivity contribution in [1.82, 2.24) is 4.98 Å². The lowest BCUT2D eigenvalue weighted by atomic mass is 10.1. The highest BCUT2D eigenvalue weighted by Crippen LogP contribution is 2.54. The maximum absolute atomic E-state index is 5.64. The lowest BCUT2D eigenvalue weighted by Crippen LogP contribution is -1.86. The van der Waals surface area contributed by atoms with E-state index < -0.39 is 0 Å². The first-order chi connectivity index (χ1) is 7.34. The van der Waals surface area contributed by atoms with Gasteiger partial charge >= 0.3 is 0 Å². The van der Waals surface area contributed by atoms with Crippen molar-refractivity contribution in [3.63, 3.8) is 0 Å². The summed E-state index contributed by atoms with van der Waals surface area (Å²) in [5.41, 5.74) is 8.23. The van der Waals surface area contributed by atoms with Gasteiger partial charge in [-0.2, -0.15) is 0 Å². The van der Waals surface area contributed by atoms with Crippen LogP contribution in [-0.2, 0) is 0 Å². The summed E-state index contributed by atoms with van der Waals surface area (Å²) >= 11 is 1.54. The van der Waals surface area contributed by atoms with Crippen LogP contribution in [0.1, 0.15) is 29.5 Å². The van der Waals surface area contributed by atoms with E-state index in [0.29, 0.717) is 17.0 Å². The quantitative estimate of drug-likeness (QED) is 0.838. The summed E-state index contributed by atoms with van der Waals surface area (Å²) in [4.78, 5) is 4.34. The summed E-state index contributed by atoms with van der Waals surface area (Å²) in [5, 5.41) is 2.77. The molecule has 0 spiro atoms. The van der Waals surface area contributed by atoms with Crippen LogP contribution in [0.2, 0.25) is 0 Å². The molecule has 2 aromatic rings. The number of thiazole rings is 1. The van der Waals surface area contributed by atoms with E-state index in [0.717, 1.165) is 0 Å². The second kappa shape index (κ2) is 3.35. The molecular formula is C12H12N2S. The van der Waals surface area contributed by atoms with Crippen molar-refractivity contribution >= 4 is 16.5 Å². The Kier molecular flexibility index (Phi) is 1.99. The third-order valence-corrected chi connectivity index (χ3v) is 3.63. The van der Waals surface area contributed by atoms with Gasteiger partial charge in [0.1, 0.15) is 0 Å². The Morgan fingerprint density at radius 1 is 1.20 bits per heavy atom. The lowest BCUT2D eigenvalue weighted by molar-refractivity contribution is 0.985. The van der Waals surface area contributed by atoms with Crippen LogP contribution in [0.4, 0.5) is 5.13 Å². The summed E-state index contributed by atoms with van der Waals surface area (Å²) < 4.78 is 0. The highest BCUT2D eigenvalue weighted by atomic mass is 32.1. The smallest absolute Gasteiger partial charge is 0.180 e. The molecule has 76 valence electrons. The molecule has 2 N–H and O–H groups in total. The summed E-state index contributed by atoms with van der Waals surface area (Å²) in [6, 6.07) is 10.6. The predicted octanol–water partition coefficient (Wildman–Crippen LogP) is 3.00. The van der Waals surface area contributed by atoms with Gasteiger partial charge in [-0.05, 0) is 17.9 Å². The van der Waals surface area contributed by atoms with Crippen molar-refractivity contribution in [1.29, 1.82) is 0 Å². The first-order valence-corrected chi connectivity index (χ1v) is 5.98. The minimum absolute atomic E-state index is 0.598. The van der Waals surface area contributed by atoms with E-state index in [4.69, 9.17) is 5.73 Å². The standard InChI is InChI=1S/C12H12N2S/c13-12-14-11(7-15-12)10-6-9(10)8-4-2-1-3-5-8/h1-5,7,9-10H,6H2,(H2,13,14). The van der Waals surface area contributed by atoms with Crippen LogP contribution in [0, 0.1) is 0 Å². The van der Waals surface area contributed by atoms with Gasteiger partial charge in [-0.3, -0.25) is 0 Å². The Labute approximate surface area is 92.8 Å². The number of anilines is 1. The zero-order chi connectivity index (χ0) is 10.3. The number of hydrogen-bond acceptors (Lipinski definition) is 3. The average Bonchev–Trinajstić information content (AvgIpc) is 2.96. The van der Waals surface area contributed by atoms with E-state index in [9.17, 15) is 0 Å². The summed E-state index contributed by atoms with van der Waals surface area (Å²) in [7, 11) is 0. The van der Waals surface area contributed by atoms with Gasteiger partial charge in [0.2, 0.25) is 0 Å². The normalized spacial score (nSPS) is 24.0. The molecule has 1 aliphatic rings. The van der Waals surface area contributed by atoms with Crippen LogP contribution in [0.15, 0.2) is 35.7 Å². The molecule has 3 heteroatoms. The number of hydrogen-bond donors (Lipinski definition) is 1. The van der Waals surface area contributed by atoms with Gasteiger partial charge < -0.3 is 5.73 Å². The molecule has 1 saturated carbocycles. The van der Waals surface area contributed by atoms with E-state index in [1.54, 1.807) is 0 Å². The zero-order valence-corrected chi connectivity index (χ0v) is 9.08. The van der Waals surface area contributed by atoms with Crippen LogP contribution in [0.25, 0.3) is 0 Å². The second-order valence-corrected chi connectivity index (χ2v) is 4.86. The molecule has 15 heavy (non-hydrogen) atoms. The van der Waals surface area contributed by atoms with Crippen molar-refractivity contribution in [2.75, 3.05) is 5.73 Å². The third kappa shape index (κ3) is 1.63. The molecule has 1 aliphatic carbocycles. The lowest BCUT2D eigenvalue weighted by Gasteiger charge is -1.97. The van der Waals surface area contributed by atoms with Crippen LogP contribution in [0.3, 0.4) is 0 Å². The SMILES string of the molecule is Nc1nc(C2CC2c2ccccc2)cs1. The van der Waals surface area contributed by atoms with Gasteiger partial charge in [-0.1, -0.05) is 30.3 Å². The van der Waals surface area contributed by atoms with Crippen molar-refractivity contribution in [3.8, 4) is 0 Å². The van der Waals surface area contributed by atoms with Crippen molar-refractivity contribution in [2.24, 2.45) is 0 Å². The molecule has 2 nitrogen and oxygen atoms in total. The summed E-state index contributed by atoms with van der Waals surface area (Å²) in [6.07, 6.45) is 1.22. The summed E-state index contributed by atoms with van der Waals surface area (Å²) in [5.74, 6) is 1.26. The van der Waals surface area contributed by atoms with E-state index in [-0.39, 0.29) is 0 Å². The molecule has 0 amide bonds. The third-order valence-electron chi connectivity index (χ3n) is 2.94. The molecule has 0 bridgehead atoms. The Hall–Kier alpha value is -1.35. The fourth-order valence-electron chi connectivity index (χ4n) is 2.06. The number of benzene rings is 1.